The van der Waals surface area contributed by atoms with Crippen molar-refractivity contribution < 1.29 is 19.0 Å². The van der Waals surface area contributed by atoms with Crippen LogP contribution in [0.4, 0.5) is 5.69 Å². The number of ether oxygens (including phenoxy) is 3. The topological polar surface area (TPSA) is 56.8 Å². The van der Waals surface area contributed by atoms with Gasteiger partial charge in [-0.25, -0.2) is 0 Å². The van der Waals surface area contributed by atoms with Crippen LogP contribution in [0, 0.1) is 0 Å². The lowest BCUT2D eigenvalue weighted by Gasteiger charge is -2.10. The second kappa shape index (κ2) is 9.46. The van der Waals surface area contributed by atoms with Crippen molar-refractivity contribution in [3.05, 3.63) is 78.4 Å². The first-order valence-corrected chi connectivity index (χ1v) is 9.01. The molecule has 144 valence electrons. The van der Waals surface area contributed by atoms with Crippen molar-refractivity contribution >= 4 is 11.6 Å². The number of methoxy groups -OCH3 is 2. The van der Waals surface area contributed by atoms with Crippen molar-refractivity contribution in [3.63, 3.8) is 0 Å². The van der Waals surface area contributed by atoms with Crippen LogP contribution in [0.1, 0.15) is 12.0 Å². The average Bonchev–Trinajstić information content (AvgIpc) is 2.74. The van der Waals surface area contributed by atoms with Gasteiger partial charge in [0.05, 0.1) is 14.2 Å². The molecule has 0 aliphatic heterocycles. The molecule has 0 aromatic heterocycles. The maximum Gasteiger partial charge on any atom is 0.224 e. The van der Waals surface area contributed by atoms with Crippen molar-refractivity contribution in [1.82, 2.24) is 0 Å². The highest BCUT2D eigenvalue weighted by molar-refractivity contribution is 5.90. The number of benzene rings is 3. The normalized spacial score (nSPS) is 10.2. The summed E-state index contributed by atoms with van der Waals surface area (Å²) in [6, 6.07) is 22.5. The van der Waals surface area contributed by atoms with Crippen molar-refractivity contribution in [1.29, 1.82) is 0 Å². The zero-order valence-corrected chi connectivity index (χ0v) is 16.0. The number of hydrogen-bond acceptors (Lipinski definition) is 4. The molecule has 5 nitrogen and oxygen atoms in total. The van der Waals surface area contributed by atoms with Gasteiger partial charge >= 0.3 is 0 Å². The van der Waals surface area contributed by atoms with Gasteiger partial charge in [-0.2, -0.15) is 0 Å². The van der Waals surface area contributed by atoms with Gasteiger partial charge in [-0.15, -0.1) is 0 Å². The Balaban J connectivity index is 1.52. The first-order chi connectivity index (χ1) is 13.7. The van der Waals surface area contributed by atoms with Crippen molar-refractivity contribution in [2.75, 3.05) is 19.5 Å². The molecule has 0 saturated heterocycles. The van der Waals surface area contributed by atoms with Crippen LogP contribution in [0.2, 0.25) is 0 Å². The third-order valence-corrected chi connectivity index (χ3v) is 4.21. The van der Waals surface area contributed by atoms with Crippen LogP contribution in [-0.4, -0.2) is 20.1 Å². The second-order valence-corrected chi connectivity index (χ2v) is 6.18. The SMILES string of the molecule is COc1ccc(CCC(=O)Nc2ccc(Oc3ccccc3)cc2)cc1OC. The monoisotopic (exact) mass is 377 g/mol. The highest BCUT2D eigenvalue weighted by Crippen LogP contribution is 2.28. The van der Waals surface area contributed by atoms with Crippen molar-refractivity contribution in [3.8, 4) is 23.0 Å². The van der Waals surface area contributed by atoms with Gasteiger partial charge in [-0.05, 0) is 60.5 Å². The molecule has 3 rings (SSSR count). The van der Waals surface area contributed by atoms with E-state index in [1.165, 1.54) is 0 Å². The number of para-hydroxylation sites is 1. The van der Waals surface area contributed by atoms with Gasteiger partial charge in [0.1, 0.15) is 11.5 Å². The van der Waals surface area contributed by atoms with E-state index in [1.807, 2.05) is 72.8 Å². The predicted molar refractivity (Wildman–Crippen MR) is 109 cm³/mol. The lowest BCUT2D eigenvalue weighted by Crippen LogP contribution is -2.12. The summed E-state index contributed by atoms with van der Waals surface area (Å²) in [6.45, 7) is 0. The summed E-state index contributed by atoms with van der Waals surface area (Å²) in [7, 11) is 3.20. The Morgan fingerprint density at radius 2 is 1.50 bits per heavy atom. The molecule has 0 fully saturated rings. The fourth-order valence-electron chi connectivity index (χ4n) is 2.75. The summed E-state index contributed by atoms with van der Waals surface area (Å²) in [4.78, 5) is 12.2. The molecular weight excluding hydrogens is 354 g/mol. The minimum Gasteiger partial charge on any atom is -0.493 e. The van der Waals surface area contributed by atoms with Gasteiger partial charge < -0.3 is 19.5 Å². The largest absolute Gasteiger partial charge is 0.493 e. The zero-order chi connectivity index (χ0) is 19.8. The number of rotatable bonds is 8. The Bertz CT molecular complexity index is 908. The summed E-state index contributed by atoms with van der Waals surface area (Å²) in [5.74, 6) is 2.78. The van der Waals surface area contributed by atoms with Crippen LogP contribution in [0.5, 0.6) is 23.0 Å². The lowest BCUT2D eigenvalue weighted by atomic mass is 10.1. The van der Waals surface area contributed by atoms with E-state index in [1.54, 1.807) is 14.2 Å². The Morgan fingerprint density at radius 1 is 0.821 bits per heavy atom. The molecule has 0 saturated carbocycles. The van der Waals surface area contributed by atoms with Crippen LogP contribution in [0.15, 0.2) is 72.8 Å². The van der Waals surface area contributed by atoms with Crippen molar-refractivity contribution in [2.45, 2.75) is 12.8 Å². The fraction of sp³-hybridized carbons (Fsp3) is 0.174. The van der Waals surface area contributed by atoms with Crippen molar-refractivity contribution in [2.24, 2.45) is 0 Å². The average molecular weight is 377 g/mol. The number of amides is 1. The quantitative estimate of drug-likeness (QED) is 0.596. The highest BCUT2D eigenvalue weighted by atomic mass is 16.5. The zero-order valence-electron chi connectivity index (χ0n) is 16.0. The standard InChI is InChI=1S/C23H23NO4/c1-26-21-14-8-17(16-22(21)27-2)9-15-23(25)24-18-10-12-20(13-11-18)28-19-6-4-3-5-7-19/h3-8,10-14,16H,9,15H2,1-2H3,(H,24,25). The molecule has 0 unspecified atom stereocenters. The molecule has 5 heteroatoms. The molecule has 0 aliphatic carbocycles. The van der Waals surface area contributed by atoms with Crippen LogP contribution in [0.25, 0.3) is 0 Å². The minimum absolute atomic E-state index is 0.0495. The van der Waals surface area contributed by atoms with E-state index in [-0.39, 0.29) is 5.91 Å². The van der Waals surface area contributed by atoms with Crippen LogP contribution in [0.3, 0.4) is 0 Å². The highest BCUT2D eigenvalue weighted by Gasteiger charge is 2.08. The van der Waals surface area contributed by atoms with E-state index in [0.717, 1.165) is 22.7 Å². The first kappa shape index (κ1) is 19.3. The Morgan fingerprint density at radius 3 is 2.18 bits per heavy atom. The lowest BCUT2D eigenvalue weighted by molar-refractivity contribution is -0.116. The molecule has 3 aromatic carbocycles. The van der Waals surface area contributed by atoms with Gasteiger partial charge in [-0.3, -0.25) is 4.79 Å². The number of carbonyl (C=O) groups excluding carboxylic acids is 1. The molecule has 0 spiro atoms. The van der Waals surface area contributed by atoms with Gasteiger partial charge in [0.15, 0.2) is 11.5 Å². The summed E-state index contributed by atoms with van der Waals surface area (Å²) in [5, 5.41) is 2.90. The summed E-state index contributed by atoms with van der Waals surface area (Å²) in [5.41, 5.74) is 1.75. The van der Waals surface area contributed by atoms with E-state index in [2.05, 4.69) is 5.32 Å². The second-order valence-electron chi connectivity index (χ2n) is 6.18. The molecule has 0 radical (unpaired) electrons. The van der Waals surface area contributed by atoms with Gasteiger partial charge in [0.2, 0.25) is 5.91 Å². The molecule has 0 aliphatic rings. The van der Waals surface area contributed by atoms with E-state index in [9.17, 15) is 4.79 Å². The number of hydrogen-bond donors (Lipinski definition) is 1. The van der Waals surface area contributed by atoms with E-state index in [0.29, 0.717) is 24.3 Å². The van der Waals surface area contributed by atoms with Crippen LogP contribution >= 0.6 is 0 Å². The Labute approximate surface area is 164 Å². The maximum absolute atomic E-state index is 12.2. The fourth-order valence-corrected chi connectivity index (χ4v) is 2.75. The number of anilines is 1. The third-order valence-electron chi connectivity index (χ3n) is 4.21. The Hall–Kier alpha value is -3.47. The number of aryl methyl sites for hydroxylation is 1. The smallest absolute Gasteiger partial charge is 0.224 e. The Kier molecular flexibility index (Phi) is 6.52. The molecule has 3 aromatic rings. The molecule has 0 bridgehead atoms. The predicted octanol–water partition coefficient (Wildman–Crippen LogP) is 5.07. The molecule has 28 heavy (non-hydrogen) atoms. The first-order valence-electron chi connectivity index (χ1n) is 9.01. The molecular formula is C23H23NO4. The minimum atomic E-state index is -0.0495. The van der Waals surface area contributed by atoms with Gasteiger partial charge in [0.25, 0.3) is 0 Å². The van der Waals surface area contributed by atoms with Gasteiger partial charge in [0, 0.05) is 12.1 Å². The molecule has 1 N–H and O–H groups in total. The third kappa shape index (κ3) is 5.27. The van der Waals surface area contributed by atoms with E-state index >= 15 is 0 Å². The van der Waals surface area contributed by atoms with E-state index in [4.69, 9.17) is 14.2 Å². The molecule has 0 atom stereocenters. The summed E-state index contributed by atoms with van der Waals surface area (Å²) in [6.07, 6.45) is 0.985. The summed E-state index contributed by atoms with van der Waals surface area (Å²) >= 11 is 0. The van der Waals surface area contributed by atoms with Crippen LogP contribution in [-0.2, 0) is 11.2 Å². The number of carbonyl (C=O) groups is 1. The van der Waals surface area contributed by atoms with Crippen LogP contribution < -0.4 is 19.5 Å². The van der Waals surface area contributed by atoms with Gasteiger partial charge in [-0.1, -0.05) is 24.3 Å². The molecule has 0 heterocycles. The number of nitrogens with one attached hydrogen (secondary N) is 1. The molecule has 1 amide bonds. The maximum atomic E-state index is 12.2. The van der Waals surface area contributed by atoms with E-state index < -0.39 is 0 Å². The summed E-state index contributed by atoms with van der Waals surface area (Å²) < 4.78 is 16.3.